The Morgan fingerprint density at radius 1 is 1.27 bits per heavy atom. The third-order valence-electron chi connectivity index (χ3n) is 3.10. The van der Waals surface area contributed by atoms with E-state index in [4.69, 9.17) is 0 Å². The van der Waals surface area contributed by atoms with Crippen LogP contribution >= 0.6 is 34.4 Å². The standard InChI is InChI=1S/C12H8IS.C5H5.2ClH.Zr/c1-7-5-8-11(6-7)14-10-4-2-3-9(13)12(8)10;1-2-4-5-3-1;;;/h2-4,6,11H,1H3;1-3H,4H2;2*1H;/q2*-1;;;+4/p-2. The molecule has 0 N–H and O–H groups in total. The SMILES string of the molecule is CC1=CC2Sc3cccc(I)c3C2=[C-]1.[C-]1=CC=CC1.[Cl-].[Cl-].[Zr+4]. The number of hydrogen-bond donors (Lipinski definition) is 0. The molecular formula is C17H13Cl2ISZr. The van der Waals surface area contributed by atoms with Crippen molar-refractivity contribution < 1.29 is 51.0 Å². The van der Waals surface area contributed by atoms with Crippen molar-refractivity contribution in [2.24, 2.45) is 0 Å². The molecule has 2 aliphatic carbocycles. The van der Waals surface area contributed by atoms with Gasteiger partial charge in [-0.25, -0.2) is 12.2 Å². The van der Waals surface area contributed by atoms with E-state index in [2.05, 4.69) is 72.0 Å². The Morgan fingerprint density at radius 2 is 2.05 bits per heavy atom. The Labute approximate surface area is 182 Å². The van der Waals surface area contributed by atoms with Crippen molar-refractivity contribution in [2.75, 3.05) is 0 Å². The molecule has 1 aromatic carbocycles. The zero-order valence-corrected chi connectivity index (χ0v) is 18.8. The van der Waals surface area contributed by atoms with Gasteiger partial charge in [0.25, 0.3) is 0 Å². The molecule has 1 aromatic rings. The predicted octanol–water partition coefficient (Wildman–Crippen LogP) is -0.777. The normalized spacial score (nSPS) is 18.5. The number of hydrogen-bond acceptors (Lipinski definition) is 1. The molecule has 1 heterocycles. The maximum atomic E-state index is 3.46. The maximum absolute atomic E-state index is 3.46. The van der Waals surface area contributed by atoms with Gasteiger partial charge in [0.05, 0.1) is 0 Å². The average molecular weight is 538 g/mol. The summed E-state index contributed by atoms with van der Waals surface area (Å²) in [5.41, 5.74) is 4.08. The Kier molecular flexibility index (Phi) is 10.9. The second-order valence-corrected chi connectivity index (χ2v) is 6.89. The molecule has 22 heavy (non-hydrogen) atoms. The van der Waals surface area contributed by atoms with Crippen LogP contribution in [-0.4, -0.2) is 5.25 Å². The summed E-state index contributed by atoms with van der Waals surface area (Å²) in [6.45, 7) is 2.13. The van der Waals surface area contributed by atoms with E-state index in [0.29, 0.717) is 5.25 Å². The molecule has 1 atom stereocenters. The quantitative estimate of drug-likeness (QED) is 0.309. The number of allylic oxidation sites excluding steroid dienone is 6. The van der Waals surface area contributed by atoms with Gasteiger partial charge in [-0.05, 0) is 13.7 Å². The van der Waals surface area contributed by atoms with Crippen LogP contribution in [0.3, 0.4) is 0 Å². The van der Waals surface area contributed by atoms with Gasteiger partial charge in [0.1, 0.15) is 0 Å². The van der Waals surface area contributed by atoms with E-state index in [9.17, 15) is 0 Å². The minimum Gasteiger partial charge on any atom is -1.00 e. The third kappa shape index (κ3) is 5.11. The molecule has 4 rings (SSSR count). The van der Waals surface area contributed by atoms with Crippen LogP contribution in [0.25, 0.3) is 5.57 Å². The average Bonchev–Trinajstić information content (AvgIpc) is 3.05. The van der Waals surface area contributed by atoms with Crippen molar-refractivity contribution in [3.05, 3.63) is 69.4 Å². The number of rotatable bonds is 0. The van der Waals surface area contributed by atoms with Crippen LogP contribution in [0.2, 0.25) is 0 Å². The minimum absolute atomic E-state index is 0. The molecule has 1 aliphatic heterocycles. The summed E-state index contributed by atoms with van der Waals surface area (Å²) in [6, 6.07) is 6.51. The molecule has 0 fully saturated rings. The van der Waals surface area contributed by atoms with Crippen molar-refractivity contribution in [1.29, 1.82) is 0 Å². The fourth-order valence-electron chi connectivity index (χ4n) is 2.27. The van der Waals surface area contributed by atoms with Crippen LogP contribution in [0.5, 0.6) is 0 Å². The molecule has 1 unspecified atom stereocenters. The Hall–Kier alpha value is 0.723. The van der Waals surface area contributed by atoms with Crippen molar-refractivity contribution in [2.45, 2.75) is 23.5 Å². The molecular weight excluding hydrogens is 525 g/mol. The van der Waals surface area contributed by atoms with Gasteiger partial charge >= 0.3 is 26.2 Å². The molecule has 3 aliphatic rings. The molecule has 0 radical (unpaired) electrons. The van der Waals surface area contributed by atoms with E-state index in [0.717, 1.165) is 6.42 Å². The van der Waals surface area contributed by atoms with Crippen LogP contribution < -0.4 is 24.8 Å². The fraction of sp³-hybridized carbons (Fsp3) is 0.176. The van der Waals surface area contributed by atoms with Gasteiger partial charge in [-0.15, -0.1) is 23.8 Å². The molecule has 0 aromatic heterocycles. The van der Waals surface area contributed by atoms with Gasteiger partial charge in [-0.3, -0.25) is 6.08 Å². The first-order chi connectivity index (χ1) is 9.25. The summed E-state index contributed by atoms with van der Waals surface area (Å²) in [7, 11) is 0. The first kappa shape index (κ1) is 22.7. The van der Waals surface area contributed by atoms with Gasteiger partial charge in [-0.1, -0.05) is 53.3 Å². The summed E-state index contributed by atoms with van der Waals surface area (Å²) >= 11 is 4.36. The molecule has 0 saturated carbocycles. The monoisotopic (exact) mass is 536 g/mol. The smallest absolute Gasteiger partial charge is 1.00 e. The first-order valence-corrected chi connectivity index (χ1v) is 8.21. The van der Waals surface area contributed by atoms with Crippen molar-refractivity contribution in [1.82, 2.24) is 0 Å². The molecule has 112 valence electrons. The molecule has 0 amide bonds. The Morgan fingerprint density at radius 3 is 2.64 bits per heavy atom. The van der Waals surface area contributed by atoms with Crippen LogP contribution in [0.15, 0.2) is 53.0 Å². The first-order valence-electron chi connectivity index (χ1n) is 6.25. The van der Waals surface area contributed by atoms with Crippen LogP contribution in [0.1, 0.15) is 18.9 Å². The second kappa shape index (κ2) is 10.6. The van der Waals surface area contributed by atoms with E-state index in [1.807, 2.05) is 23.9 Å². The predicted molar refractivity (Wildman–Crippen MR) is 90.8 cm³/mol. The number of thioether (sulfide) groups is 1. The van der Waals surface area contributed by atoms with Gasteiger partial charge < -0.3 is 24.8 Å². The number of halogens is 3. The van der Waals surface area contributed by atoms with E-state index in [1.54, 1.807) is 0 Å². The fourth-order valence-corrected chi connectivity index (χ4v) is 4.58. The largest absolute Gasteiger partial charge is 4.00 e. The Bertz CT molecular complexity index is 626. The van der Waals surface area contributed by atoms with Gasteiger partial charge in [0, 0.05) is 0 Å². The van der Waals surface area contributed by atoms with E-state index in [-0.39, 0.29) is 51.0 Å². The summed E-state index contributed by atoms with van der Waals surface area (Å²) in [6.07, 6.45) is 15.8. The number of fused-ring (bicyclic) bond motifs is 3. The van der Waals surface area contributed by atoms with Crippen molar-refractivity contribution >= 4 is 39.9 Å². The van der Waals surface area contributed by atoms with E-state index < -0.39 is 0 Å². The zero-order chi connectivity index (χ0) is 13.2. The molecule has 0 bridgehead atoms. The van der Waals surface area contributed by atoms with Crippen LogP contribution in [0, 0.1) is 15.7 Å². The van der Waals surface area contributed by atoms with Gasteiger partial charge in [-0.2, -0.15) is 23.8 Å². The molecule has 0 saturated heterocycles. The Balaban J connectivity index is 0.000000482. The zero-order valence-electron chi connectivity index (χ0n) is 11.9. The molecule has 5 heteroatoms. The molecule has 0 nitrogen and oxygen atoms in total. The third-order valence-corrected chi connectivity index (χ3v) is 5.22. The topological polar surface area (TPSA) is 0 Å². The molecule has 0 spiro atoms. The van der Waals surface area contributed by atoms with Crippen molar-refractivity contribution in [3.63, 3.8) is 0 Å². The van der Waals surface area contributed by atoms with E-state index >= 15 is 0 Å². The van der Waals surface area contributed by atoms with Gasteiger partial charge in [0.15, 0.2) is 0 Å². The van der Waals surface area contributed by atoms with Crippen molar-refractivity contribution in [3.8, 4) is 0 Å². The van der Waals surface area contributed by atoms with Crippen LogP contribution in [0.4, 0.5) is 0 Å². The summed E-state index contributed by atoms with van der Waals surface area (Å²) < 4.78 is 1.35. The van der Waals surface area contributed by atoms with Gasteiger partial charge in [0.2, 0.25) is 0 Å². The number of benzene rings is 1. The minimum atomic E-state index is 0. The van der Waals surface area contributed by atoms with Crippen LogP contribution in [-0.2, 0) is 26.2 Å². The maximum Gasteiger partial charge on any atom is 4.00 e. The summed E-state index contributed by atoms with van der Waals surface area (Å²) in [4.78, 5) is 1.41. The van der Waals surface area contributed by atoms with E-state index in [1.165, 1.54) is 25.2 Å². The second-order valence-electron chi connectivity index (χ2n) is 4.54. The summed E-state index contributed by atoms with van der Waals surface area (Å²) in [5, 5.41) is 0.529. The summed E-state index contributed by atoms with van der Waals surface area (Å²) in [5.74, 6) is 0.